The maximum Gasteiger partial charge on any atom is 0.128 e. The fourth-order valence-corrected chi connectivity index (χ4v) is 6.03. The second kappa shape index (κ2) is 7.12. The van der Waals surface area contributed by atoms with Crippen molar-refractivity contribution in [3.63, 3.8) is 0 Å². The van der Waals surface area contributed by atoms with Crippen molar-refractivity contribution in [3.05, 3.63) is 72.1 Å². The number of pyridine rings is 1. The first-order valence-corrected chi connectivity index (χ1v) is 11.3. The third-order valence-electron chi connectivity index (χ3n) is 8.01. The number of piperidine rings is 1. The van der Waals surface area contributed by atoms with Gasteiger partial charge in [0.25, 0.3) is 0 Å². The summed E-state index contributed by atoms with van der Waals surface area (Å²) in [4.78, 5) is 7.14. The Balaban J connectivity index is 1.58. The molecule has 4 nitrogen and oxygen atoms in total. The average molecular weight is 431 g/mol. The number of aliphatic hydroxyl groups is 1. The molecule has 1 saturated carbocycles. The lowest BCUT2D eigenvalue weighted by molar-refractivity contribution is -0.00406. The van der Waals surface area contributed by atoms with Crippen molar-refractivity contribution in [1.29, 1.82) is 0 Å². The van der Waals surface area contributed by atoms with E-state index in [-0.39, 0.29) is 17.3 Å². The van der Waals surface area contributed by atoms with Crippen LogP contribution in [0.25, 0.3) is 22.2 Å². The highest BCUT2D eigenvalue weighted by molar-refractivity contribution is 5.87. The molecular weight excluding hydrogens is 403 g/mol. The molecule has 5 heteroatoms. The first-order valence-electron chi connectivity index (χ1n) is 11.3. The molecule has 0 radical (unpaired) electrons. The topological polar surface area (TPSA) is 45.6 Å². The lowest BCUT2D eigenvalue weighted by Crippen LogP contribution is -2.46. The lowest BCUT2D eigenvalue weighted by atomic mass is 9.81. The molecule has 3 heterocycles. The molecule has 4 atom stereocenters. The van der Waals surface area contributed by atoms with Crippen LogP contribution in [0.2, 0.25) is 0 Å². The SMILES string of the molecule is C=CC1CC12CCN1Cc3c(F)cccc3-c3cc(c4cc(OC)ccc4n3)C(O)C1C2. The number of hydrogen-bond donors (Lipinski definition) is 1. The molecule has 0 amide bonds. The van der Waals surface area contributed by atoms with Gasteiger partial charge in [0.05, 0.1) is 24.4 Å². The molecule has 1 spiro atoms. The number of nitrogens with zero attached hydrogens (tertiary/aromatic N) is 2. The third-order valence-corrected chi connectivity index (χ3v) is 8.01. The summed E-state index contributed by atoms with van der Waals surface area (Å²) >= 11 is 0. The molecule has 1 aromatic heterocycles. The van der Waals surface area contributed by atoms with E-state index in [1.807, 2.05) is 30.3 Å². The molecule has 2 fully saturated rings. The van der Waals surface area contributed by atoms with E-state index in [9.17, 15) is 5.11 Å². The lowest BCUT2D eigenvalue weighted by Gasteiger charge is -2.42. The van der Waals surface area contributed by atoms with Crippen molar-refractivity contribution >= 4 is 10.9 Å². The molecule has 2 bridgehead atoms. The average Bonchev–Trinajstić information content (AvgIpc) is 3.50. The largest absolute Gasteiger partial charge is 0.497 e. The first-order chi connectivity index (χ1) is 15.5. The molecule has 164 valence electrons. The zero-order valence-corrected chi connectivity index (χ0v) is 18.2. The summed E-state index contributed by atoms with van der Waals surface area (Å²) in [6.45, 7) is 5.33. The number of hydrogen-bond acceptors (Lipinski definition) is 4. The summed E-state index contributed by atoms with van der Waals surface area (Å²) in [5.74, 6) is 1.03. The van der Waals surface area contributed by atoms with Gasteiger partial charge in [0.15, 0.2) is 0 Å². The molecule has 1 saturated heterocycles. The van der Waals surface area contributed by atoms with E-state index in [1.165, 1.54) is 6.07 Å². The Morgan fingerprint density at radius 3 is 2.91 bits per heavy atom. The van der Waals surface area contributed by atoms with Gasteiger partial charge in [-0.15, -0.1) is 6.58 Å². The van der Waals surface area contributed by atoms with Crippen LogP contribution in [0.4, 0.5) is 4.39 Å². The molecular formula is C27H27FN2O2. The van der Waals surface area contributed by atoms with E-state index in [4.69, 9.17) is 9.72 Å². The number of rotatable bonds is 2. The van der Waals surface area contributed by atoms with Gasteiger partial charge < -0.3 is 9.84 Å². The van der Waals surface area contributed by atoms with Gasteiger partial charge in [-0.05, 0) is 73.0 Å². The van der Waals surface area contributed by atoms with Crippen molar-refractivity contribution in [1.82, 2.24) is 9.88 Å². The number of aliphatic hydroxyl groups excluding tert-OH is 1. The minimum absolute atomic E-state index is 0.0936. The number of methoxy groups -OCH3 is 1. The van der Waals surface area contributed by atoms with Crippen LogP contribution < -0.4 is 4.74 Å². The van der Waals surface area contributed by atoms with Gasteiger partial charge in [-0.25, -0.2) is 9.37 Å². The maximum atomic E-state index is 15.1. The normalized spacial score (nSPS) is 28.9. The molecule has 3 aromatic rings. The number of fused-ring (bicyclic) bond motifs is 7. The fourth-order valence-electron chi connectivity index (χ4n) is 6.03. The van der Waals surface area contributed by atoms with Crippen molar-refractivity contribution in [3.8, 4) is 17.0 Å². The zero-order valence-electron chi connectivity index (χ0n) is 18.2. The number of ether oxygens (including phenoxy) is 1. The van der Waals surface area contributed by atoms with Gasteiger partial charge in [0.2, 0.25) is 0 Å². The van der Waals surface area contributed by atoms with Gasteiger partial charge in [0.1, 0.15) is 11.6 Å². The van der Waals surface area contributed by atoms with Gasteiger partial charge in [0, 0.05) is 29.1 Å². The van der Waals surface area contributed by atoms with E-state index < -0.39 is 6.10 Å². The molecule has 2 aliphatic heterocycles. The van der Waals surface area contributed by atoms with Gasteiger partial charge in [-0.3, -0.25) is 4.90 Å². The summed E-state index contributed by atoms with van der Waals surface area (Å²) in [7, 11) is 1.64. The van der Waals surface area contributed by atoms with Crippen LogP contribution in [-0.4, -0.2) is 34.7 Å². The predicted octanol–water partition coefficient (Wildman–Crippen LogP) is 5.25. The van der Waals surface area contributed by atoms with Crippen LogP contribution in [0, 0.1) is 17.2 Å². The fraction of sp³-hybridized carbons (Fsp3) is 0.370. The van der Waals surface area contributed by atoms with Crippen molar-refractivity contribution in [2.75, 3.05) is 13.7 Å². The van der Waals surface area contributed by atoms with Gasteiger partial charge in [-0.1, -0.05) is 18.2 Å². The smallest absolute Gasteiger partial charge is 0.128 e. The van der Waals surface area contributed by atoms with Crippen LogP contribution in [0.15, 0.2) is 55.1 Å². The summed E-state index contributed by atoms with van der Waals surface area (Å²) in [5.41, 5.74) is 4.00. The standard InChI is InChI=1S/C27H27FN2O2/c1-3-16-13-27(16)9-10-30-15-21-18(5-4-6-22(21)28)24-12-20(26(31)25(30)14-27)19-11-17(32-2)7-8-23(19)29-24/h3-8,11-12,16,25-26,31H,1,9-10,13-15H2,2H3. The molecule has 2 aromatic carbocycles. The Labute approximate surface area is 187 Å². The first kappa shape index (κ1) is 19.9. The Bertz CT molecular complexity index is 1240. The predicted molar refractivity (Wildman–Crippen MR) is 123 cm³/mol. The van der Waals surface area contributed by atoms with Gasteiger partial charge in [-0.2, -0.15) is 0 Å². The molecule has 3 aliphatic rings. The van der Waals surface area contributed by atoms with Crippen LogP contribution in [-0.2, 0) is 6.54 Å². The van der Waals surface area contributed by atoms with Crippen molar-refractivity contribution < 1.29 is 14.2 Å². The van der Waals surface area contributed by atoms with Crippen molar-refractivity contribution in [2.24, 2.45) is 11.3 Å². The molecule has 6 rings (SSSR count). The molecule has 1 N–H and O–H groups in total. The minimum atomic E-state index is -0.702. The minimum Gasteiger partial charge on any atom is -0.497 e. The molecule has 1 aliphatic carbocycles. The Morgan fingerprint density at radius 1 is 1.25 bits per heavy atom. The van der Waals surface area contributed by atoms with E-state index in [2.05, 4.69) is 17.6 Å². The monoisotopic (exact) mass is 430 g/mol. The van der Waals surface area contributed by atoms with E-state index >= 15 is 4.39 Å². The molecule has 4 unspecified atom stereocenters. The number of aromatic nitrogens is 1. The Hall–Kier alpha value is -2.76. The second-order valence-corrected chi connectivity index (χ2v) is 9.59. The highest BCUT2D eigenvalue weighted by atomic mass is 19.1. The quantitative estimate of drug-likeness (QED) is 0.564. The zero-order chi connectivity index (χ0) is 22.0. The summed E-state index contributed by atoms with van der Waals surface area (Å²) in [6, 6.07) is 12.8. The number of halogens is 1. The van der Waals surface area contributed by atoms with Gasteiger partial charge >= 0.3 is 0 Å². The number of allylic oxidation sites excluding steroid dienone is 1. The van der Waals surface area contributed by atoms with Crippen molar-refractivity contribution in [2.45, 2.75) is 38.0 Å². The maximum absolute atomic E-state index is 15.1. The molecule has 32 heavy (non-hydrogen) atoms. The number of benzene rings is 2. The summed E-state index contributed by atoms with van der Waals surface area (Å²) < 4.78 is 20.5. The second-order valence-electron chi connectivity index (χ2n) is 9.59. The van der Waals surface area contributed by atoms with E-state index in [0.29, 0.717) is 23.7 Å². The Morgan fingerprint density at radius 2 is 2.12 bits per heavy atom. The summed E-state index contributed by atoms with van der Waals surface area (Å²) in [5, 5.41) is 12.7. The Kier molecular flexibility index (Phi) is 4.43. The van der Waals surface area contributed by atoms with Crippen LogP contribution in [0.1, 0.15) is 36.5 Å². The highest BCUT2D eigenvalue weighted by Crippen LogP contribution is 2.62. The van der Waals surface area contributed by atoms with E-state index in [0.717, 1.165) is 53.6 Å². The van der Waals surface area contributed by atoms with Crippen LogP contribution in [0.3, 0.4) is 0 Å². The van der Waals surface area contributed by atoms with E-state index in [1.54, 1.807) is 13.2 Å². The van der Waals surface area contributed by atoms with Crippen LogP contribution >= 0.6 is 0 Å². The third kappa shape index (κ3) is 2.91. The van der Waals surface area contributed by atoms with Crippen LogP contribution in [0.5, 0.6) is 5.75 Å². The summed E-state index contributed by atoms with van der Waals surface area (Å²) in [6.07, 6.45) is 4.44. The highest BCUT2D eigenvalue weighted by Gasteiger charge is 2.56.